The second-order valence-electron chi connectivity index (χ2n) is 6.48. The summed E-state index contributed by atoms with van der Waals surface area (Å²) < 4.78 is 0. The Morgan fingerprint density at radius 3 is 2.06 bits per heavy atom. The first kappa shape index (κ1) is 13.4. The fraction of sp³-hybridized carbons (Fsp3) is 0.625. The van der Waals surface area contributed by atoms with Crippen molar-refractivity contribution in [1.82, 2.24) is 0 Å². The molecule has 2 N–H and O–H groups in total. The normalized spacial score (nSPS) is 18.8. The van der Waals surface area contributed by atoms with Crippen LogP contribution in [0, 0.1) is 5.41 Å². The third kappa shape index (κ3) is 3.05. The Labute approximate surface area is 111 Å². The van der Waals surface area contributed by atoms with Gasteiger partial charge in [-0.3, -0.25) is 0 Å². The molecule has 1 aromatic rings. The second-order valence-corrected chi connectivity index (χ2v) is 6.48. The van der Waals surface area contributed by atoms with Crippen LogP contribution < -0.4 is 10.6 Å². The van der Waals surface area contributed by atoms with Crippen LogP contribution in [0.1, 0.15) is 51.6 Å². The molecule has 1 aromatic carbocycles. The van der Waals surface area contributed by atoms with Gasteiger partial charge in [0.25, 0.3) is 0 Å². The zero-order valence-electron chi connectivity index (χ0n) is 11.9. The van der Waals surface area contributed by atoms with E-state index in [-0.39, 0.29) is 11.5 Å². The van der Waals surface area contributed by atoms with E-state index in [9.17, 15) is 0 Å². The molecule has 1 fully saturated rings. The van der Waals surface area contributed by atoms with Gasteiger partial charge >= 0.3 is 0 Å². The largest absolute Gasteiger partial charge is 0.372 e. The molecule has 1 saturated heterocycles. The van der Waals surface area contributed by atoms with E-state index >= 15 is 0 Å². The van der Waals surface area contributed by atoms with Crippen molar-refractivity contribution in [3.63, 3.8) is 0 Å². The van der Waals surface area contributed by atoms with Crippen molar-refractivity contribution in [3.05, 3.63) is 29.8 Å². The van der Waals surface area contributed by atoms with Crippen LogP contribution in [-0.2, 0) is 0 Å². The summed E-state index contributed by atoms with van der Waals surface area (Å²) >= 11 is 0. The predicted molar refractivity (Wildman–Crippen MR) is 78.9 cm³/mol. The van der Waals surface area contributed by atoms with Gasteiger partial charge in [-0.25, -0.2) is 0 Å². The third-order valence-electron chi connectivity index (χ3n) is 3.91. The zero-order valence-corrected chi connectivity index (χ0v) is 11.9. The van der Waals surface area contributed by atoms with Gasteiger partial charge < -0.3 is 10.6 Å². The summed E-state index contributed by atoms with van der Waals surface area (Å²) in [4.78, 5) is 2.48. The maximum Gasteiger partial charge on any atom is 0.0366 e. The van der Waals surface area contributed by atoms with Crippen LogP contribution in [0.4, 0.5) is 5.69 Å². The van der Waals surface area contributed by atoms with Crippen molar-refractivity contribution >= 4 is 5.69 Å². The van der Waals surface area contributed by atoms with Crippen LogP contribution >= 0.6 is 0 Å². The molecule has 1 heterocycles. The average Bonchev–Trinajstić information content (AvgIpc) is 2.38. The topological polar surface area (TPSA) is 29.3 Å². The smallest absolute Gasteiger partial charge is 0.0366 e. The van der Waals surface area contributed by atoms with Crippen LogP contribution in [0.25, 0.3) is 0 Å². The van der Waals surface area contributed by atoms with E-state index < -0.39 is 0 Å². The summed E-state index contributed by atoms with van der Waals surface area (Å²) in [5.74, 6) is 0. The molecular weight excluding hydrogens is 220 g/mol. The molecule has 0 amide bonds. The Morgan fingerprint density at radius 1 is 1.00 bits per heavy atom. The number of rotatable bonds is 2. The molecule has 0 bridgehead atoms. The Kier molecular flexibility index (Phi) is 3.96. The molecule has 0 spiro atoms. The molecule has 100 valence electrons. The van der Waals surface area contributed by atoms with E-state index in [1.54, 1.807) is 0 Å². The van der Waals surface area contributed by atoms with E-state index in [0.717, 1.165) is 0 Å². The van der Waals surface area contributed by atoms with Gasteiger partial charge in [0.2, 0.25) is 0 Å². The lowest BCUT2D eigenvalue weighted by molar-refractivity contribution is 0.327. The summed E-state index contributed by atoms with van der Waals surface area (Å²) in [6.45, 7) is 8.97. The molecule has 18 heavy (non-hydrogen) atoms. The number of hydrogen-bond donors (Lipinski definition) is 1. The summed E-state index contributed by atoms with van der Waals surface area (Å²) in [6, 6.07) is 8.95. The lowest BCUT2D eigenvalue weighted by Crippen LogP contribution is -2.29. The molecular formula is C16H26N2. The summed E-state index contributed by atoms with van der Waals surface area (Å²) in [5.41, 5.74) is 8.99. The van der Waals surface area contributed by atoms with E-state index in [2.05, 4.69) is 49.9 Å². The van der Waals surface area contributed by atoms with Gasteiger partial charge in [0.15, 0.2) is 0 Å². The van der Waals surface area contributed by atoms with Gasteiger partial charge in [-0.15, -0.1) is 0 Å². The first-order valence-electron chi connectivity index (χ1n) is 7.09. The highest BCUT2D eigenvalue weighted by molar-refractivity contribution is 5.48. The molecule has 0 saturated carbocycles. The van der Waals surface area contributed by atoms with Crippen LogP contribution in [0.2, 0.25) is 0 Å². The van der Waals surface area contributed by atoms with Crippen LogP contribution in [-0.4, -0.2) is 13.1 Å². The molecule has 0 radical (unpaired) electrons. The van der Waals surface area contributed by atoms with Crippen molar-refractivity contribution in [2.24, 2.45) is 11.1 Å². The summed E-state index contributed by atoms with van der Waals surface area (Å²) in [7, 11) is 0. The Hall–Kier alpha value is -1.02. The number of hydrogen-bond acceptors (Lipinski definition) is 2. The van der Waals surface area contributed by atoms with Crippen molar-refractivity contribution in [3.8, 4) is 0 Å². The third-order valence-corrected chi connectivity index (χ3v) is 3.91. The van der Waals surface area contributed by atoms with Gasteiger partial charge in [0, 0.05) is 24.8 Å². The number of nitrogens with zero attached hydrogens (tertiary/aromatic N) is 1. The number of nitrogens with two attached hydrogens (primary N) is 1. The van der Waals surface area contributed by atoms with E-state index in [4.69, 9.17) is 5.73 Å². The number of piperidine rings is 1. The van der Waals surface area contributed by atoms with E-state index in [1.807, 2.05) is 0 Å². The van der Waals surface area contributed by atoms with Crippen molar-refractivity contribution in [2.45, 2.75) is 46.1 Å². The number of anilines is 1. The highest BCUT2D eigenvalue weighted by atomic mass is 15.1. The standard InChI is InChI=1S/C16H26N2/c1-16(2,3)15(17)13-7-9-14(10-8-13)18-11-5-4-6-12-18/h7-10,15H,4-6,11-12,17H2,1-3H3. The number of benzene rings is 1. The maximum atomic E-state index is 6.29. The van der Waals surface area contributed by atoms with E-state index in [0.29, 0.717) is 0 Å². The molecule has 0 aliphatic carbocycles. The fourth-order valence-electron chi connectivity index (χ4n) is 2.54. The van der Waals surface area contributed by atoms with E-state index in [1.165, 1.54) is 43.6 Å². The van der Waals surface area contributed by atoms with Gasteiger partial charge in [0.05, 0.1) is 0 Å². The molecule has 1 aliphatic heterocycles. The first-order valence-corrected chi connectivity index (χ1v) is 7.09. The molecule has 0 aromatic heterocycles. The Morgan fingerprint density at radius 2 is 1.56 bits per heavy atom. The molecule has 2 heteroatoms. The molecule has 1 aliphatic rings. The Bertz CT molecular complexity index is 369. The molecule has 2 nitrogen and oxygen atoms in total. The lowest BCUT2D eigenvalue weighted by atomic mass is 9.83. The summed E-state index contributed by atoms with van der Waals surface area (Å²) in [5, 5.41) is 0. The molecule has 1 unspecified atom stereocenters. The highest BCUT2D eigenvalue weighted by Gasteiger charge is 2.22. The SMILES string of the molecule is CC(C)(C)C(N)c1ccc(N2CCCCC2)cc1. The maximum absolute atomic E-state index is 6.29. The van der Waals surface area contributed by atoms with Gasteiger partial charge in [-0.1, -0.05) is 32.9 Å². The van der Waals surface area contributed by atoms with Gasteiger partial charge in [0.1, 0.15) is 0 Å². The fourth-order valence-corrected chi connectivity index (χ4v) is 2.54. The van der Waals surface area contributed by atoms with Gasteiger partial charge in [-0.2, -0.15) is 0 Å². The average molecular weight is 246 g/mol. The highest BCUT2D eigenvalue weighted by Crippen LogP contribution is 2.31. The Balaban J connectivity index is 2.09. The molecule has 2 rings (SSSR count). The van der Waals surface area contributed by atoms with Crippen molar-refractivity contribution in [2.75, 3.05) is 18.0 Å². The minimum atomic E-state index is 0.105. The van der Waals surface area contributed by atoms with Crippen LogP contribution in [0.15, 0.2) is 24.3 Å². The predicted octanol–water partition coefficient (Wildman–Crippen LogP) is 3.72. The minimum absolute atomic E-state index is 0.105. The first-order chi connectivity index (χ1) is 8.48. The minimum Gasteiger partial charge on any atom is -0.372 e. The zero-order chi connectivity index (χ0) is 13.2. The second kappa shape index (κ2) is 5.31. The quantitative estimate of drug-likeness (QED) is 0.861. The van der Waals surface area contributed by atoms with Gasteiger partial charge in [-0.05, 0) is 42.4 Å². The monoisotopic (exact) mass is 246 g/mol. The summed E-state index contributed by atoms with van der Waals surface area (Å²) in [6.07, 6.45) is 4.02. The van der Waals surface area contributed by atoms with Crippen molar-refractivity contribution in [1.29, 1.82) is 0 Å². The van der Waals surface area contributed by atoms with Crippen molar-refractivity contribution < 1.29 is 0 Å². The van der Waals surface area contributed by atoms with Crippen LogP contribution in [0.5, 0.6) is 0 Å². The molecule has 1 atom stereocenters. The lowest BCUT2D eigenvalue weighted by Gasteiger charge is -2.30. The van der Waals surface area contributed by atoms with Crippen LogP contribution in [0.3, 0.4) is 0 Å².